The zero-order chi connectivity index (χ0) is 33.5. The highest BCUT2D eigenvalue weighted by Crippen LogP contribution is 2.41. The molecule has 0 aromatic heterocycles. The molecule has 0 aromatic carbocycles. The zero-order valence-corrected chi connectivity index (χ0v) is 28.6. The van der Waals surface area contributed by atoms with Gasteiger partial charge in [0.05, 0.1) is 31.5 Å². The second-order valence-electron chi connectivity index (χ2n) is 13.6. The largest absolute Gasteiger partial charge is 0.490 e. The number of hydrogen-bond acceptors (Lipinski definition) is 9. The number of methoxy groups -OCH3 is 2. The summed E-state index contributed by atoms with van der Waals surface area (Å²) in [4.78, 5) is 13.5. The topological polar surface area (TPSA) is 135 Å². The van der Waals surface area contributed by atoms with Crippen LogP contribution in [0.5, 0.6) is 0 Å². The quantitative estimate of drug-likeness (QED) is 0.298. The molecule has 0 bridgehead atoms. The van der Waals surface area contributed by atoms with Gasteiger partial charge in [-0.3, -0.25) is 0 Å². The summed E-state index contributed by atoms with van der Waals surface area (Å²) in [7, 11) is 2.87. The van der Waals surface area contributed by atoms with Crippen LogP contribution in [0, 0.1) is 35.5 Å². The lowest BCUT2D eigenvalue weighted by Crippen LogP contribution is -2.59. The minimum atomic E-state index is -1.80. The van der Waals surface area contributed by atoms with E-state index in [9.17, 15) is 25.2 Å². The van der Waals surface area contributed by atoms with Gasteiger partial charge in [0.15, 0.2) is 5.79 Å². The van der Waals surface area contributed by atoms with E-state index in [-0.39, 0.29) is 35.9 Å². The third-order valence-electron chi connectivity index (χ3n) is 9.50. The highest BCUT2D eigenvalue weighted by molar-refractivity contribution is 5.87. The maximum atomic E-state index is 13.5. The molecule has 2 rings (SSSR count). The molecule has 10 unspecified atom stereocenters. The molecule has 1 saturated heterocycles. The lowest BCUT2D eigenvalue weighted by Gasteiger charge is -2.49. The molecule has 4 N–H and O–H groups in total. The van der Waals surface area contributed by atoms with Gasteiger partial charge in [-0.25, -0.2) is 4.79 Å². The van der Waals surface area contributed by atoms with Gasteiger partial charge in [-0.2, -0.15) is 0 Å². The molecule has 252 valence electrons. The fraction of sp³-hybridized carbons (Fsp3) is 0.743. The molecule has 0 saturated carbocycles. The van der Waals surface area contributed by atoms with Gasteiger partial charge in [0, 0.05) is 37.2 Å². The number of carbonyl (C=O) groups excluding carboxylic acids is 1. The van der Waals surface area contributed by atoms with Crippen molar-refractivity contribution in [2.45, 2.75) is 118 Å². The molecule has 2 heterocycles. The van der Waals surface area contributed by atoms with Crippen molar-refractivity contribution < 1.29 is 44.2 Å². The predicted molar refractivity (Wildman–Crippen MR) is 170 cm³/mol. The van der Waals surface area contributed by atoms with Crippen LogP contribution in [0.25, 0.3) is 0 Å². The zero-order valence-electron chi connectivity index (χ0n) is 28.6. The number of ether oxygens (including phenoxy) is 4. The van der Waals surface area contributed by atoms with Crippen LogP contribution in [0.15, 0.2) is 47.3 Å². The number of rotatable bonds is 7. The Kier molecular flexibility index (Phi) is 14.3. The maximum Gasteiger partial charge on any atom is 0.373 e. The lowest BCUT2D eigenvalue weighted by atomic mass is 9.76. The third-order valence-corrected chi connectivity index (χ3v) is 9.50. The van der Waals surface area contributed by atoms with Crippen LogP contribution in [0.4, 0.5) is 0 Å². The minimum Gasteiger partial charge on any atom is -0.490 e. The number of esters is 1. The van der Waals surface area contributed by atoms with Crippen molar-refractivity contribution in [3.63, 3.8) is 0 Å². The molecule has 44 heavy (non-hydrogen) atoms. The third kappa shape index (κ3) is 9.50. The van der Waals surface area contributed by atoms with Crippen LogP contribution in [-0.4, -0.2) is 83.0 Å². The highest BCUT2D eigenvalue weighted by Gasteiger charge is 2.51. The molecule has 1 fully saturated rings. The predicted octanol–water partition coefficient (Wildman–Crippen LogP) is 4.69. The van der Waals surface area contributed by atoms with E-state index in [1.165, 1.54) is 14.2 Å². The summed E-state index contributed by atoms with van der Waals surface area (Å²) in [5.74, 6) is -4.49. The van der Waals surface area contributed by atoms with Crippen LogP contribution in [-0.2, 0) is 23.7 Å². The van der Waals surface area contributed by atoms with Gasteiger partial charge in [-0.05, 0) is 38.2 Å². The highest BCUT2D eigenvalue weighted by atomic mass is 16.6. The Balaban J connectivity index is 2.52. The SMILES string of the molecule is COC1=CC(C)=CC(C)C(O)C(C)CC(C)=CC=CC(OC)[C@H](C(C)C(O)C(C)[C@@]2(O)CC(O)C(C)C(C(C)C)O2)OC1=O. The van der Waals surface area contributed by atoms with E-state index in [0.717, 1.165) is 11.1 Å². The fourth-order valence-corrected chi connectivity index (χ4v) is 6.54. The van der Waals surface area contributed by atoms with E-state index in [0.29, 0.717) is 6.42 Å². The first-order valence-corrected chi connectivity index (χ1v) is 15.9. The Bertz CT molecular complexity index is 1060. The minimum absolute atomic E-state index is 0.00492. The molecule has 2 aliphatic rings. The van der Waals surface area contributed by atoms with Crippen LogP contribution < -0.4 is 0 Å². The Hall–Kier alpha value is -2.01. The van der Waals surface area contributed by atoms with E-state index in [1.54, 1.807) is 26.0 Å². The van der Waals surface area contributed by atoms with Crippen LogP contribution in [0.3, 0.4) is 0 Å². The van der Waals surface area contributed by atoms with Gasteiger partial charge >= 0.3 is 5.97 Å². The van der Waals surface area contributed by atoms with Crippen molar-refractivity contribution in [1.82, 2.24) is 0 Å². The molecular formula is C35H58O9. The monoisotopic (exact) mass is 622 g/mol. The summed E-state index contributed by atoms with van der Waals surface area (Å²) in [6.07, 6.45) is 4.85. The van der Waals surface area contributed by atoms with E-state index in [1.807, 2.05) is 66.7 Å². The molecule has 0 radical (unpaired) electrons. The Morgan fingerprint density at radius 1 is 1.05 bits per heavy atom. The number of allylic oxidation sites excluding steroid dienone is 5. The van der Waals surface area contributed by atoms with E-state index in [2.05, 4.69) is 0 Å². The summed E-state index contributed by atoms with van der Waals surface area (Å²) in [6, 6.07) is 0. The summed E-state index contributed by atoms with van der Waals surface area (Å²) in [5, 5.41) is 45.0. The van der Waals surface area contributed by atoms with Crippen molar-refractivity contribution in [2.75, 3.05) is 14.2 Å². The first kappa shape index (κ1) is 38.2. The number of hydrogen-bond donors (Lipinski definition) is 4. The molecule has 12 atom stereocenters. The van der Waals surface area contributed by atoms with Gasteiger partial charge in [-0.15, -0.1) is 0 Å². The number of aliphatic hydroxyl groups excluding tert-OH is 3. The van der Waals surface area contributed by atoms with Crippen molar-refractivity contribution >= 4 is 5.97 Å². The van der Waals surface area contributed by atoms with E-state index >= 15 is 0 Å². The molecule has 2 aliphatic heterocycles. The average Bonchev–Trinajstić information content (AvgIpc) is 2.96. The van der Waals surface area contributed by atoms with Crippen molar-refractivity contribution in [3.05, 3.63) is 47.3 Å². The first-order chi connectivity index (χ1) is 20.5. The van der Waals surface area contributed by atoms with Gasteiger partial charge in [0.1, 0.15) is 12.2 Å². The Labute approximate surface area is 264 Å². The normalized spacial score (nSPS) is 36.9. The first-order valence-electron chi connectivity index (χ1n) is 15.9. The van der Waals surface area contributed by atoms with E-state index < -0.39 is 60.2 Å². The molecule has 0 amide bonds. The summed E-state index contributed by atoms with van der Waals surface area (Å²) >= 11 is 0. The van der Waals surface area contributed by atoms with Crippen LogP contribution >= 0.6 is 0 Å². The second kappa shape index (κ2) is 16.5. The Morgan fingerprint density at radius 3 is 2.25 bits per heavy atom. The van der Waals surface area contributed by atoms with Crippen molar-refractivity contribution in [3.8, 4) is 0 Å². The smallest absolute Gasteiger partial charge is 0.373 e. The summed E-state index contributed by atoms with van der Waals surface area (Å²) in [6.45, 7) is 17.0. The number of carbonyl (C=O) groups is 1. The van der Waals surface area contributed by atoms with Crippen molar-refractivity contribution in [2.24, 2.45) is 35.5 Å². The standard InChI is InChI=1S/C35H58O9/c1-19(2)32-24(7)27(36)18-35(40,44-32)26(9)31(38)25(8)33-28(41-10)14-12-13-20(3)15-22(5)30(37)23(6)16-21(4)17-29(42-11)34(39)43-33/h12-14,16-17,19,22-28,30-33,36-38,40H,15,18H2,1-11H3/t22?,23?,24?,25?,26?,27?,28?,30?,31?,32?,33-,35+/m0/s1. The number of cyclic esters (lactones) is 1. The molecule has 9 nitrogen and oxygen atoms in total. The molecule has 0 aromatic rings. The average molecular weight is 623 g/mol. The number of aliphatic hydroxyl groups is 4. The second-order valence-corrected chi connectivity index (χ2v) is 13.6. The van der Waals surface area contributed by atoms with E-state index in [4.69, 9.17) is 18.9 Å². The molecule has 0 aliphatic carbocycles. The molecular weight excluding hydrogens is 564 g/mol. The summed E-state index contributed by atoms with van der Waals surface area (Å²) < 4.78 is 23.4. The Morgan fingerprint density at radius 2 is 1.68 bits per heavy atom. The van der Waals surface area contributed by atoms with Gasteiger partial charge in [-0.1, -0.05) is 83.9 Å². The lowest BCUT2D eigenvalue weighted by molar-refractivity contribution is -0.328. The fourth-order valence-electron chi connectivity index (χ4n) is 6.54. The summed E-state index contributed by atoms with van der Waals surface area (Å²) in [5.41, 5.74) is 1.78. The maximum absolute atomic E-state index is 13.5. The van der Waals surface area contributed by atoms with Gasteiger partial charge in [0.25, 0.3) is 0 Å². The van der Waals surface area contributed by atoms with Crippen LogP contribution in [0.2, 0.25) is 0 Å². The molecule has 0 spiro atoms. The van der Waals surface area contributed by atoms with Crippen LogP contribution in [0.1, 0.15) is 75.2 Å². The van der Waals surface area contributed by atoms with Crippen molar-refractivity contribution in [1.29, 1.82) is 0 Å². The van der Waals surface area contributed by atoms with Gasteiger partial charge in [0.2, 0.25) is 5.76 Å². The van der Waals surface area contributed by atoms with Gasteiger partial charge < -0.3 is 39.4 Å². The molecule has 9 heteroatoms.